The van der Waals surface area contributed by atoms with Crippen LogP contribution in [0.1, 0.15) is 5.82 Å². The SMILES string of the molecule is CN(CCO)c1nc(Cn2nc(-c3ccc(Cl)cc3)n(CC(O)C(F)(F)F)c2=O)nn1-c1ccccc1Cl. The van der Waals surface area contributed by atoms with E-state index in [2.05, 4.69) is 15.2 Å². The van der Waals surface area contributed by atoms with Gasteiger partial charge in [-0.2, -0.15) is 22.8 Å². The van der Waals surface area contributed by atoms with Gasteiger partial charge in [0.15, 0.2) is 17.8 Å². The van der Waals surface area contributed by atoms with E-state index in [-0.39, 0.29) is 31.3 Å². The molecule has 0 amide bonds. The van der Waals surface area contributed by atoms with Crippen molar-refractivity contribution >= 4 is 29.2 Å². The Morgan fingerprint density at radius 1 is 1.08 bits per heavy atom. The number of aliphatic hydroxyl groups excluding tert-OH is 2. The second-order valence-electron chi connectivity index (χ2n) is 8.28. The molecule has 10 nitrogen and oxygen atoms in total. The van der Waals surface area contributed by atoms with Gasteiger partial charge in [-0.25, -0.2) is 9.48 Å². The normalized spacial score (nSPS) is 12.6. The first kappa shape index (κ1) is 27.6. The zero-order valence-corrected chi connectivity index (χ0v) is 21.4. The Labute approximate surface area is 224 Å². The second-order valence-corrected chi connectivity index (χ2v) is 9.12. The van der Waals surface area contributed by atoms with Crippen LogP contribution >= 0.6 is 23.2 Å². The lowest BCUT2D eigenvalue weighted by Crippen LogP contribution is -2.37. The van der Waals surface area contributed by atoms with E-state index in [1.807, 2.05) is 0 Å². The molecule has 38 heavy (non-hydrogen) atoms. The largest absolute Gasteiger partial charge is 0.416 e. The van der Waals surface area contributed by atoms with Gasteiger partial charge >= 0.3 is 11.9 Å². The standard InChI is InChI=1S/C23H22Cl2F3N7O3/c1-32(10-11-36)21-29-19(30-35(21)17-5-3-2-4-16(17)25)13-34-22(38)33(12-18(37)23(26,27)28)20(31-34)14-6-8-15(24)9-7-14/h2-9,18,36-37H,10-13H2,1H3. The van der Waals surface area contributed by atoms with Gasteiger partial charge in [-0.15, -0.1) is 10.2 Å². The second kappa shape index (κ2) is 11.2. The van der Waals surface area contributed by atoms with E-state index < -0.39 is 24.5 Å². The minimum atomic E-state index is -4.94. The molecule has 0 spiro atoms. The van der Waals surface area contributed by atoms with Crippen molar-refractivity contribution in [2.45, 2.75) is 25.4 Å². The predicted molar refractivity (Wildman–Crippen MR) is 135 cm³/mol. The minimum absolute atomic E-state index is 0.0990. The lowest BCUT2D eigenvalue weighted by molar-refractivity contribution is -0.207. The average molecular weight is 572 g/mol. The number of hydrogen-bond acceptors (Lipinski definition) is 7. The monoisotopic (exact) mass is 571 g/mol. The van der Waals surface area contributed by atoms with Crippen LogP contribution in [-0.4, -0.2) is 71.8 Å². The molecule has 0 aliphatic rings. The number of rotatable bonds is 9. The maximum atomic E-state index is 13.2. The number of hydrogen-bond donors (Lipinski definition) is 2. The van der Waals surface area contributed by atoms with Crippen LogP contribution in [0.5, 0.6) is 0 Å². The molecule has 0 fully saturated rings. The molecule has 0 radical (unpaired) electrons. The summed E-state index contributed by atoms with van der Waals surface area (Å²) in [5, 5.41) is 28.5. The van der Waals surface area contributed by atoms with Gasteiger partial charge in [0.05, 0.1) is 23.9 Å². The Hall–Kier alpha value is -3.39. The summed E-state index contributed by atoms with van der Waals surface area (Å²) in [6.07, 6.45) is -7.74. The van der Waals surface area contributed by atoms with Crippen LogP contribution in [0.25, 0.3) is 17.1 Å². The molecule has 202 valence electrons. The first-order chi connectivity index (χ1) is 18.0. The number of benzene rings is 2. The zero-order chi connectivity index (χ0) is 27.6. The fourth-order valence-electron chi connectivity index (χ4n) is 3.63. The van der Waals surface area contributed by atoms with Crippen LogP contribution in [0.2, 0.25) is 10.0 Å². The lowest BCUT2D eigenvalue weighted by atomic mass is 10.2. The van der Waals surface area contributed by atoms with Gasteiger partial charge in [-0.1, -0.05) is 35.3 Å². The Kier molecular flexibility index (Phi) is 8.11. The quantitative estimate of drug-likeness (QED) is 0.317. The van der Waals surface area contributed by atoms with Crippen molar-refractivity contribution in [3.05, 3.63) is 74.9 Å². The fraction of sp³-hybridized carbons (Fsp3) is 0.304. The molecule has 4 aromatic rings. The van der Waals surface area contributed by atoms with E-state index >= 15 is 0 Å². The summed E-state index contributed by atoms with van der Waals surface area (Å²) >= 11 is 12.3. The molecular formula is C23H22Cl2F3N7O3. The summed E-state index contributed by atoms with van der Waals surface area (Å²) in [5.74, 6) is 0.314. The van der Waals surface area contributed by atoms with E-state index in [9.17, 15) is 28.2 Å². The first-order valence-corrected chi connectivity index (χ1v) is 12.0. The van der Waals surface area contributed by atoms with Crippen molar-refractivity contribution in [2.75, 3.05) is 25.1 Å². The highest BCUT2D eigenvalue weighted by atomic mass is 35.5. The molecule has 1 unspecified atom stereocenters. The van der Waals surface area contributed by atoms with Crippen molar-refractivity contribution in [3.63, 3.8) is 0 Å². The van der Waals surface area contributed by atoms with Crippen molar-refractivity contribution in [2.24, 2.45) is 0 Å². The van der Waals surface area contributed by atoms with E-state index in [4.69, 9.17) is 23.2 Å². The molecule has 0 aliphatic heterocycles. The van der Waals surface area contributed by atoms with Gasteiger partial charge in [0.25, 0.3) is 0 Å². The van der Waals surface area contributed by atoms with Crippen LogP contribution in [0.4, 0.5) is 19.1 Å². The average Bonchev–Trinajstić information content (AvgIpc) is 3.41. The molecule has 15 heteroatoms. The third-order valence-corrected chi connectivity index (χ3v) is 6.11. The zero-order valence-electron chi connectivity index (χ0n) is 19.8. The van der Waals surface area contributed by atoms with Crippen LogP contribution in [-0.2, 0) is 13.1 Å². The molecule has 2 N–H and O–H groups in total. The molecule has 4 rings (SSSR count). The summed E-state index contributed by atoms with van der Waals surface area (Å²) in [5.41, 5.74) is -0.101. The number of likely N-dealkylation sites (N-methyl/N-ethyl adjacent to an activating group) is 1. The highest BCUT2D eigenvalue weighted by Crippen LogP contribution is 2.26. The van der Waals surface area contributed by atoms with Gasteiger partial charge in [-0.3, -0.25) is 4.57 Å². The van der Waals surface area contributed by atoms with Crippen LogP contribution in [0, 0.1) is 0 Å². The van der Waals surface area contributed by atoms with E-state index in [0.29, 0.717) is 27.2 Å². The number of para-hydroxylation sites is 1. The molecule has 2 heterocycles. The summed E-state index contributed by atoms with van der Waals surface area (Å²) in [7, 11) is 1.68. The van der Waals surface area contributed by atoms with Crippen LogP contribution in [0.15, 0.2) is 53.3 Å². The van der Waals surface area contributed by atoms with Gasteiger partial charge in [-0.05, 0) is 36.4 Å². The highest BCUT2D eigenvalue weighted by Gasteiger charge is 2.39. The lowest BCUT2D eigenvalue weighted by Gasteiger charge is -2.17. The van der Waals surface area contributed by atoms with Crippen molar-refractivity contribution in [1.29, 1.82) is 0 Å². The number of aliphatic hydroxyl groups is 2. The topological polar surface area (TPSA) is 114 Å². The third kappa shape index (κ3) is 5.85. The Morgan fingerprint density at radius 3 is 2.39 bits per heavy atom. The minimum Gasteiger partial charge on any atom is -0.395 e. The third-order valence-electron chi connectivity index (χ3n) is 5.54. The molecule has 2 aromatic heterocycles. The summed E-state index contributed by atoms with van der Waals surface area (Å²) in [6.45, 7) is -1.32. The van der Waals surface area contributed by atoms with Gasteiger partial charge in [0.2, 0.25) is 5.95 Å². The van der Waals surface area contributed by atoms with Crippen LogP contribution in [0.3, 0.4) is 0 Å². The first-order valence-electron chi connectivity index (χ1n) is 11.2. The van der Waals surface area contributed by atoms with Crippen molar-refractivity contribution in [3.8, 4) is 17.1 Å². The molecule has 2 aromatic carbocycles. The number of anilines is 1. The van der Waals surface area contributed by atoms with Crippen molar-refractivity contribution in [1.82, 2.24) is 29.1 Å². The Balaban J connectivity index is 1.78. The maximum absolute atomic E-state index is 13.2. The number of halogens is 5. The highest BCUT2D eigenvalue weighted by molar-refractivity contribution is 6.32. The number of aromatic nitrogens is 6. The van der Waals surface area contributed by atoms with Gasteiger partial charge in [0.1, 0.15) is 6.54 Å². The molecular weight excluding hydrogens is 550 g/mol. The van der Waals surface area contributed by atoms with Gasteiger partial charge < -0.3 is 15.1 Å². The number of alkyl halides is 3. The Morgan fingerprint density at radius 2 is 1.76 bits per heavy atom. The predicted octanol–water partition coefficient (Wildman–Crippen LogP) is 3.00. The maximum Gasteiger partial charge on any atom is 0.416 e. The molecule has 0 aliphatic carbocycles. The van der Waals surface area contributed by atoms with E-state index in [1.54, 1.807) is 36.2 Å². The molecule has 0 bridgehead atoms. The smallest absolute Gasteiger partial charge is 0.395 e. The van der Waals surface area contributed by atoms with Gasteiger partial charge in [0, 0.05) is 24.2 Å². The molecule has 0 saturated heterocycles. The van der Waals surface area contributed by atoms with E-state index in [1.165, 1.54) is 28.9 Å². The molecule has 1 atom stereocenters. The summed E-state index contributed by atoms with van der Waals surface area (Å²) < 4.78 is 42.4. The van der Waals surface area contributed by atoms with Crippen molar-refractivity contribution < 1.29 is 23.4 Å². The summed E-state index contributed by atoms with van der Waals surface area (Å²) in [6, 6.07) is 12.8. The number of nitrogens with zero attached hydrogens (tertiary/aromatic N) is 7. The summed E-state index contributed by atoms with van der Waals surface area (Å²) in [4.78, 5) is 19.3. The van der Waals surface area contributed by atoms with Crippen LogP contribution < -0.4 is 10.6 Å². The Bertz CT molecular complexity index is 1470. The molecule has 0 saturated carbocycles. The van der Waals surface area contributed by atoms with E-state index in [0.717, 1.165) is 9.25 Å². The fourth-order valence-corrected chi connectivity index (χ4v) is 3.97.